The molecule has 6 nitrogen and oxygen atoms in total. The number of hydrogen-bond acceptors (Lipinski definition) is 3. The summed E-state index contributed by atoms with van der Waals surface area (Å²) in [5.41, 5.74) is 0. The van der Waals surface area contributed by atoms with Crippen LogP contribution >= 0.6 is 0 Å². The van der Waals surface area contributed by atoms with Crippen molar-refractivity contribution in [3.8, 4) is 0 Å². The van der Waals surface area contributed by atoms with E-state index in [1.165, 1.54) is 4.90 Å². The summed E-state index contributed by atoms with van der Waals surface area (Å²) in [6, 6.07) is -0.310. The number of carbonyl (C=O) groups excluding carboxylic acids is 1. The highest BCUT2D eigenvalue weighted by Crippen LogP contribution is 2.05. The van der Waals surface area contributed by atoms with Gasteiger partial charge in [-0.3, -0.25) is 4.79 Å². The molecule has 0 aliphatic carbocycles. The van der Waals surface area contributed by atoms with Crippen molar-refractivity contribution in [2.75, 3.05) is 26.2 Å². The molecule has 0 unspecified atom stereocenters. The number of aliphatic hydroxyl groups excluding tert-OH is 1. The number of carboxylic acid groups (broad SMARTS) is 1. The molecule has 0 rings (SSSR count). The van der Waals surface area contributed by atoms with Gasteiger partial charge in [0.2, 0.25) is 0 Å². The summed E-state index contributed by atoms with van der Waals surface area (Å²) in [6.07, 6.45) is 0.495. The Morgan fingerprint density at radius 3 is 2.24 bits per heavy atom. The van der Waals surface area contributed by atoms with Gasteiger partial charge in [0.05, 0.1) is 0 Å². The van der Waals surface area contributed by atoms with E-state index in [0.29, 0.717) is 19.5 Å². The van der Waals surface area contributed by atoms with Crippen LogP contribution in [-0.4, -0.2) is 64.3 Å². The molecule has 0 aromatic rings. The highest BCUT2D eigenvalue weighted by Gasteiger charge is 2.23. The zero-order chi connectivity index (χ0) is 13.4. The van der Waals surface area contributed by atoms with Crippen LogP contribution in [0.2, 0.25) is 0 Å². The predicted octanol–water partition coefficient (Wildman–Crippen LogP) is 0.606. The van der Waals surface area contributed by atoms with Gasteiger partial charge < -0.3 is 20.0 Å². The Labute approximate surface area is 102 Å². The molecule has 0 radical (unpaired) electrons. The van der Waals surface area contributed by atoms with Crippen LogP contribution in [0.15, 0.2) is 0 Å². The molecule has 0 aliphatic heterocycles. The Kier molecular flexibility index (Phi) is 7.29. The van der Waals surface area contributed by atoms with Gasteiger partial charge >= 0.3 is 12.0 Å². The van der Waals surface area contributed by atoms with Gasteiger partial charge in [-0.1, -0.05) is 0 Å². The molecule has 0 spiro atoms. The van der Waals surface area contributed by atoms with E-state index in [9.17, 15) is 9.59 Å². The van der Waals surface area contributed by atoms with E-state index in [1.54, 1.807) is 11.8 Å². The van der Waals surface area contributed by atoms with Crippen molar-refractivity contribution in [2.24, 2.45) is 0 Å². The van der Waals surface area contributed by atoms with Crippen LogP contribution in [0.4, 0.5) is 4.79 Å². The maximum Gasteiger partial charge on any atom is 0.323 e. The first-order chi connectivity index (χ1) is 7.93. The average molecular weight is 246 g/mol. The van der Waals surface area contributed by atoms with Gasteiger partial charge in [0, 0.05) is 25.7 Å². The van der Waals surface area contributed by atoms with Crippen molar-refractivity contribution >= 4 is 12.0 Å². The predicted molar refractivity (Wildman–Crippen MR) is 63.8 cm³/mol. The first-order valence-electron chi connectivity index (χ1n) is 5.82. The number of rotatable bonds is 7. The summed E-state index contributed by atoms with van der Waals surface area (Å²) in [7, 11) is 0. The molecular weight excluding hydrogens is 224 g/mol. The number of aliphatic carboxylic acids is 1. The second-order valence-electron chi connectivity index (χ2n) is 4.05. The zero-order valence-electron chi connectivity index (χ0n) is 10.7. The number of urea groups is 1. The number of carboxylic acids is 1. The van der Waals surface area contributed by atoms with Gasteiger partial charge in [0.1, 0.15) is 6.54 Å². The lowest BCUT2D eigenvalue weighted by molar-refractivity contribution is -0.137. The Morgan fingerprint density at radius 1 is 1.29 bits per heavy atom. The summed E-state index contributed by atoms with van der Waals surface area (Å²) in [5, 5.41) is 17.5. The number of carbonyl (C=O) groups is 2. The van der Waals surface area contributed by atoms with E-state index in [0.717, 1.165) is 0 Å². The first-order valence-corrected chi connectivity index (χ1v) is 5.82. The van der Waals surface area contributed by atoms with Crippen LogP contribution < -0.4 is 0 Å². The second kappa shape index (κ2) is 7.89. The van der Waals surface area contributed by atoms with E-state index >= 15 is 0 Å². The number of amides is 2. The third-order valence-corrected chi connectivity index (χ3v) is 2.40. The van der Waals surface area contributed by atoms with Gasteiger partial charge in [-0.15, -0.1) is 0 Å². The number of likely N-dealkylation sites (N-methyl/N-ethyl adjacent to an activating group) is 1. The SMILES string of the molecule is CCN(CC(=O)O)C(=O)N(CCCO)C(C)C. The highest BCUT2D eigenvalue weighted by atomic mass is 16.4. The fourth-order valence-corrected chi connectivity index (χ4v) is 1.48. The van der Waals surface area contributed by atoms with Crippen molar-refractivity contribution in [3.05, 3.63) is 0 Å². The molecule has 0 fully saturated rings. The lowest BCUT2D eigenvalue weighted by Crippen LogP contribution is -2.48. The molecule has 0 atom stereocenters. The molecule has 17 heavy (non-hydrogen) atoms. The Balaban J connectivity index is 4.60. The molecule has 0 bridgehead atoms. The van der Waals surface area contributed by atoms with Crippen molar-refractivity contribution in [1.29, 1.82) is 0 Å². The third-order valence-electron chi connectivity index (χ3n) is 2.40. The Morgan fingerprint density at radius 2 is 1.88 bits per heavy atom. The van der Waals surface area contributed by atoms with Crippen molar-refractivity contribution < 1.29 is 19.8 Å². The first kappa shape index (κ1) is 15.7. The minimum atomic E-state index is -1.02. The normalized spacial score (nSPS) is 10.4. The second-order valence-corrected chi connectivity index (χ2v) is 4.05. The zero-order valence-corrected chi connectivity index (χ0v) is 10.7. The largest absolute Gasteiger partial charge is 0.480 e. The molecule has 0 saturated carbocycles. The summed E-state index contributed by atoms with van der Waals surface area (Å²) < 4.78 is 0. The number of nitrogens with zero attached hydrogens (tertiary/aromatic N) is 2. The van der Waals surface area contributed by atoms with Gasteiger partial charge in [0.25, 0.3) is 0 Å². The minimum absolute atomic E-state index is 0.0154. The monoisotopic (exact) mass is 246 g/mol. The van der Waals surface area contributed by atoms with Crippen LogP contribution in [0.25, 0.3) is 0 Å². The fraction of sp³-hybridized carbons (Fsp3) is 0.818. The maximum atomic E-state index is 12.1. The van der Waals surface area contributed by atoms with Crippen molar-refractivity contribution in [3.63, 3.8) is 0 Å². The summed E-state index contributed by atoms with van der Waals surface area (Å²) in [5.74, 6) is -1.02. The van der Waals surface area contributed by atoms with Gasteiger partial charge in [-0.05, 0) is 27.2 Å². The topological polar surface area (TPSA) is 81.1 Å². The van der Waals surface area contributed by atoms with Crippen LogP contribution in [0.1, 0.15) is 27.2 Å². The molecule has 0 aromatic carbocycles. The van der Waals surface area contributed by atoms with E-state index in [-0.39, 0.29) is 25.2 Å². The maximum absolute atomic E-state index is 12.1. The Hall–Kier alpha value is -1.30. The van der Waals surface area contributed by atoms with Gasteiger partial charge in [-0.2, -0.15) is 0 Å². The number of hydrogen-bond donors (Lipinski definition) is 2. The standard InChI is InChI=1S/C11H22N2O4/c1-4-12(8-10(15)16)11(17)13(9(2)3)6-5-7-14/h9,14H,4-8H2,1-3H3,(H,15,16). The van der Waals surface area contributed by atoms with Crippen LogP contribution in [0.3, 0.4) is 0 Å². The van der Waals surface area contributed by atoms with Gasteiger partial charge in [0.15, 0.2) is 0 Å². The lowest BCUT2D eigenvalue weighted by atomic mass is 10.3. The van der Waals surface area contributed by atoms with Crippen molar-refractivity contribution in [2.45, 2.75) is 33.2 Å². The summed E-state index contributed by atoms with van der Waals surface area (Å²) >= 11 is 0. The molecule has 0 aliphatic rings. The summed E-state index contributed by atoms with van der Waals surface area (Å²) in [4.78, 5) is 25.5. The summed E-state index contributed by atoms with van der Waals surface area (Å²) in [6.45, 7) is 5.98. The van der Waals surface area contributed by atoms with Crippen LogP contribution in [0.5, 0.6) is 0 Å². The average Bonchev–Trinajstić information content (AvgIpc) is 2.25. The molecule has 0 aromatic heterocycles. The smallest absolute Gasteiger partial charge is 0.323 e. The molecule has 2 N–H and O–H groups in total. The highest BCUT2D eigenvalue weighted by molar-refractivity contribution is 5.80. The van der Waals surface area contributed by atoms with E-state index in [2.05, 4.69) is 0 Å². The molecule has 0 saturated heterocycles. The third kappa shape index (κ3) is 5.53. The molecule has 2 amide bonds. The molecular formula is C11H22N2O4. The lowest BCUT2D eigenvalue weighted by Gasteiger charge is -2.31. The van der Waals surface area contributed by atoms with Crippen molar-refractivity contribution in [1.82, 2.24) is 9.80 Å². The van der Waals surface area contributed by atoms with Gasteiger partial charge in [-0.25, -0.2) is 4.79 Å². The van der Waals surface area contributed by atoms with Crippen LogP contribution in [-0.2, 0) is 4.79 Å². The molecule has 100 valence electrons. The van der Waals surface area contributed by atoms with E-state index in [4.69, 9.17) is 10.2 Å². The Bertz CT molecular complexity index is 256. The quantitative estimate of drug-likeness (QED) is 0.689. The van der Waals surface area contributed by atoms with Crippen LogP contribution in [0, 0.1) is 0 Å². The minimum Gasteiger partial charge on any atom is -0.480 e. The van der Waals surface area contributed by atoms with E-state index < -0.39 is 5.97 Å². The molecule has 6 heteroatoms. The number of aliphatic hydroxyl groups is 1. The van der Waals surface area contributed by atoms with E-state index in [1.807, 2.05) is 13.8 Å². The fourth-order valence-electron chi connectivity index (χ4n) is 1.48. The molecule has 0 heterocycles.